The third-order valence-corrected chi connectivity index (χ3v) is 29.9. The normalized spacial score (nSPS) is 42.8. The minimum absolute atomic E-state index is 0.131. The molecule has 0 N–H and O–H groups in total. The first-order valence-electron chi connectivity index (χ1n) is 13.0. The summed E-state index contributed by atoms with van der Waals surface area (Å²) in [6, 6.07) is 20.2. The molecule has 8 atom stereocenters. The van der Waals surface area contributed by atoms with Gasteiger partial charge in [-0.05, 0) is 33.9 Å². The first-order valence-corrected chi connectivity index (χ1v) is 18.7. The van der Waals surface area contributed by atoms with Crippen LogP contribution in [0.1, 0.15) is 73.4 Å². The summed E-state index contributed by atoms with van der Waals surface area (Å²) in [6.45, 7) is 22.7. The Kier molecular flexibility index (Phi) is 4.91. The number of benzene rings is 2. The molecule has 2 unspecified atom stereocenters. The number of fused-ring (bicyclic) bond motifs is 2. The van der Waals surface area contributed by atoms with E-state index in [9.17, 15) is 0 Å². The van der Waals surface area contributed by atoms with Crippen molar-refractivity contribution in [3.05, 3.63) is 71.8 Å². The van der Waals surface area contributed by atoms with Gasteiger partial charge in [-0.2, -0.15) is 0 Å². The lowest BCUT2D eigenvalue weighted by Gasteiger charge is -2.53. The van der Waals surface area contributed by atoms with Crippen LogP contribution < -0.4 is 0 Å². The van der Waals surface area contributed by atoms with Crippen molar-refractivity contribution in [3.8, 4) is 11.6 Å². The Balaban J connectivity index is 1.72. The molecule has 184 valence electrons. The van der Waals surface area contributed by atoms with E-state index in [1.54, 1.807) is 5.56 Å². The Morgan fingerprint density at radius 1 is 0.800 bits per heavy atom. The van der Waals surface area contributed by atoms with Gasteiger partial charge in [-0.25, -0.2) is 0 Å². The molecule has 0 aromatic heterocycles. The average molecular weight is 537 g/mol. The molecule has 0 saturated carbocycles. The molecule has 0 amide bonds. The minimum Gasteiger partial charge on any atom is -0.0817 e. The molecule has 4 saturated heterocycles. The second kappa shape index (κ2) is 6.93. The number of hydrogen-bond acceptors (Lipinski definition) is 1. The summed E-state index contributed by atoms with van der Waals surface area (Å²) in [6.07, 6.45) is 0. The molecule has 0 bridgehead atoms. The highest BCUT2D eigenvalue weighted by Crippen LogP contribution is 3.30. The van der Waals surface area contributed by atoms with Gasteiger partial charge < -0.3 is 0 Å². The van der Waals surface area contributed by atoms with Crippen LogP contribution in [0.15, 0.2) is 60.7 Å². The van der Waals surface area contributed by atoms with Crippen LogP contribution in [0.3, 0.4) is 0 Å². The number of hydrogen-bond donors (Lipinski definition) is 0. The van der Waals surface area contributed by atoms with Crippen molar-refractivity contribution < 1.29 is 0 Å². The fraction of sp³-hybridized carbons (Fsp3) is 0.548. The topological polar surface area (TPSA) is 0 Å². The second-order valence-corrected chi connectivity index (χ2v) is 24.9. The van der Waals surface area contributed by atoms with Crippen LogP contribution in [-0.2, 0) is 17.0 Å². The van der Waals surface area contributed by atoms with Crippen molar-refractivity contribution >= 4 is 33.7 Å². The summed E-state index contributed by atoms with van der Waals surface area (Å²) < 4.78 is 0. The van der Waals surface area contributed by atoms with Gasteiger partial charge in [-0.1, -0.05) is 150 Å². The summed E-state index contributed by atoms with van der Waals surface area (Å²) in [5.41, 5.74) is 8.18. The molecule has 4 aliphatic heterocycles. The van der Waals surface area contributed by atoms with Gasteiger partial charge in [-0.3, -0.25) is 0 Å². The van der Waals surface area contributed by atoms with Crippen LogP contribution in [0.4, 0.5) is 0 Å². The summed E-state index contributed by atoms with van der Waals surface area (Å²) in [4.78, 5) is 0.387. The molecule has 0 radical (unpaired) electrons. The Morgan fingerprint density at radius 3 is 1.83 bits per heavy atom. The minimum atomic E-state index is -2.09. The SMILES string of the molecule is CC(C)(C)[C@@H]1P2[C@]3(c4ccccc4)[C@@H]4P1[C@]4(C(C)(C)C)[P@](=S)(C#Cc1ccccc1)[C@]23C(C)(C)C. The van der Waals surface area contributed by atoms with E-state index >= 15 is 0 Å². The van der Waals surface area contributed by atoms with Crippen LogP contribution in [0, 0.1) is 27.8 Å². The van der Waals surface area contributed by atoms with Gasteiger partial charge in [0.2, 0.25) is 0 Å². The Morgan fingerprint density at radius 2 is 1.34 bits per heavy atom. The Hall–Kier alpha value is -0.490. The van der Waals surface area contributed by atoms with Crippen LogP contribution >= 0.6 is 21.9 Å². The molecule has 0 spiro atoms. The first kappa shape index (κ1) is 24.8. The summed E-state index contributed by atoms with van der Waals surface area (Å²) in [7, 11) is -0.398. The van der Waals surface area contributed by atoms with Gasteiger partial charge in [-0.15, -0.1) is 0 Å². The zero-order valence-corrected chi connectivity index (χ0v) is 26.2. The average Bonchev–Trinajstić information content (AvgIpc) is 3.59. The van der Waals surface area contributed by atoms with Crippen molar-refractivity contribution in [2.75, 3.05) is 0 Å². The van der Waals surface area contributed by atoms with E-state index in [1.165, 1.54) is 0 Å². The summed E-state index contributed by atoms with van der Waals surface area (Å²) in [5.74, 6) is 3.71. The maximum atomic E-state index is 7.24. The molecule has 2 aromatic rings. The van der Waals surface area contributed by atoms with E-state index in [0.717, 1.165) is 16.6 Å². The summed E-state index contributed by atoms with van der Waals surface area (Å²) in [5, 5.41) is 1.09. The van der Waals surface area contributed by atoms with Crippen molar-refractivity contribution in [2.45, 2.75) is 88.3 Å². The van der Waals surface area contributed by atoms with Crippen molar-refractivity contribution in [3.63, 3.8) is 0 Å². The summed E-state index contributed by atoms with van der Waals surface area (Å²) >= 11 is 7.24. The largest absolute Gasteiger partial charge is 0.0817 e. The molecule has 0 nitrogen and oxygen atoms in total. The van der Waals surface area contributed by atoms with Gasteiger partial charge in [0.1, 0.15) is 0 Å². The van der Waals surface area contributed by atoms with E-state index in [1.807, 2.05) is 0 Å². The molecule has 4 heterocycles. The highest BCUT2D eigenvalue weighted by molar-refractivity contribution is 8.30. The van der Waals surface area contributed by atoms with E-state index in [4.69, 9.17) is 11.8 Å². The van der Waals surface area contributed by atoms with E-state index in [2.05, 4.69) is 135 Å². The molecular formula is C31H39P3S. The predicted octanol–water partition coefficient (Wildman–Crippen LogP) is 9.61. The molecular weight excluding hydrogens is 497 g/mol. The lowest BCUT2D eigenvalue weighted by Crippen LogP contribution is -2.41. The molecule has 4 fully saturated rings. The molecule has 0 aliphatic carbocycles. The number of rotatable bonds is 1. The molecule has 6 rings (SSSR count). The molecule has 4 aliphatic rings. The highest BCUT2D eigenvalue weighted by Gasteiger charge is 3.10. The highest BCUT2D eigenvalue weighted by atomic mass is 32.4. The van der Waals surface area contributed by atoms with Gasteiger partial charge in [0.25, 0.3) is 0 Å². The van der Waals surface area contributed by atoms with E-state index < -0.39 is 6.04 Å². The fourth-order valence-corrected chi connectivity index (χ4v) is 38.3. The van der Waals surface area contributed by atoms with Crippen molar-refractivity contribution in [2.24, 2.45) is 16.2 Å². The second-order valence-electron chi connectivity index (χ2n) is 14.2. The predicted molar refractivity (Wildman–Crippen MR) is 161 cm³/mol. The van der Waals surface area contributed by atoms with Crippen LogP contribution in [0.2, 0.25) is 0 Å². The van der Waals surface area contributed by atoms with Gasteiger partial charge >= 0.3 is 0 Å². The smallest absolute Gasteiger partial charge is 0.0513 e. The fourth-order valence-electron chi connectivity index (χ4n) is 8.80. The first-order chi connectivity index (χ1) is 16.2. The maximum Gasteiger partial charge on any atom is 0.0513 e. The lowest BCUT2D eigenvalue weighted by molar-refractivity contribution is 0.350. The third-order valence-electron chi connectivity index (χ3n) is 9.30. The van der Waals surface area contributed by atoms with Crippen molar-refractivity contribution in [1.82, 2.24) is 0 Å². The zero-order valence-electron chi connectivity index (χ0n) is 22.7. The monoisotopic (exact) mass is 536 g/mol. The van der Waals surface area contributed by atoms with E-state index in [-0.39, 0.29) is 41.6 Å². The maximum absolute atomic E-state index is 7.24. The van der Waals surface area contributed by atoms with Crippen LogP contribution in [0.25, 0.3) is 0 Å². The van der Waals surface area contributed by atoms with Gasteiger partial charge in [0, 0.05) is 32.7 Å². The third kappa shape index (κ3) is 2.45. The molecule has 35 heavy (non-hydrogen) atoms. The van der Waals surface area contributed by atoms with Gasteiger partial charge in [0.15, 0.2) is 0 Å². The zero-order chi connectivity index (χ0) is 25.4. The van der Waals surface area contributed by atoms with E-state index in [0.29, 0.717) is 5.41 Å². The Labute approximate surface area is 221 Å². The van der Waals surface area contributed by atoms with Crippen molar-refractivity contribution in [1.29, 1.82) is 0 Å². The van der Waals surface area contributed by atoms with Crippen LogP contribution in [0.5, 0.6) is 0 Å². The molecule has 2 aromatic carbocycles. The Bertz CT molecular complexity index is 1320. The molecule has 4 heteroatoms. The standard InChI is InChI=1S/C31H39P3S/c1-26(2,3)25-32-24-29(23-18-14-11-15-19-23)31(33(25)29,28(7,8)9)34(35,30(24,32)27(4,5)6)21-20-22-16-12-10-13-17-22/h10-19,24-25H,1-9H3/t24-,25-,29+,30-,31-,32?,33?,34+/m0/s1. The van der Waals surface area contributed by atoms with Gasteiger partial charge in [0.05, 0.1) is 4.90 Å². The quantitative estimate of drug-likeness (QED) is 0.258. The van der Waals surface area contributed by atoms with Crippen LogP contribution in [-0.4, -0.2) is 20.9 Å². The lowest BCUT2D eigenvalue weighted by atomic mass is 9.76.